The summed E-state index contributed by atoms with van der Waals surface area (Å²) in [5, 5.41) is 10.4. The van der Waals surface area contributed by atoms with Gasteiger partial charge in [-0.15, -0.1) is 10.2 Å². The minimum absolute atomic E-state index is 0.0793. The Morgan fingerprint density at radius 3 is 2.68 bits per heavy atom. The average molecular weight is 302 g/mol. The van der Waals surface area contributed by atoms with Gasteiger partial charge in [0.05, 0.1) is 5.56 Å². The number of carbonyl (C=O) groups excluding carboxylic acids is 1. The quantitative estimate of drug-likeness (QED) is 0.930. The molecule has 19 heavy (non-hydrogen) atoms. The van der Waals surface area contributed by atoms with Gasteiger partial charge in [0.2, 0.25) is 0 Å². The predicted octanol–water partition coefficient (Wildman–Crippen LogP) is 3.48. The molecule has 1 aromatic heterocycles. The lowest BCUT2D eigenvalue weighted by Gasteiger charge is -2.33. The van der Waals surface area contributed by atoms with E-state index in [1.807, 2.05) is 0 Å². The number of rotatable bonds is 3. The summed E-state index contributed by atoms with van der Waals surface area (Å²) < 4.78 is 0. The van der Waals surface area contributed by atoms with Crippen molar-refractivity contribution in [3.63, 3.8) is 0 Å². The molecule has 0 aliphatic heterocycles. The van der Waals surface area contributed by atoms with E-state index < -0.39 is 0 Å². The zero-order valence-electron chi connectivity index (χ0n) is 10.9. The second-order valence-electron chi connectivity index (χ2n) is 5.43. The maximum atomic E-state index is 12.1. The summed E-state index contributed by atoms with van der Waals surface area (Å²) >= 11 is 11.6. The summed E-state index contributed by atoms with van der Waals surface area (Å²) in [6, 6.07) is 1.44. The molecule has 4 nitrogen and oxygen atoms in total. The Hall–Kier alpha value is -0.870. The molecule has 1 saturated carbocycles. The molecule has 0 saturated heterocycles. The molecule has 2 rings (SSSR count). The number of nitrogens with zero attached hydrogens (tertiary/aromatic N) is 2. The second kappa shape index (κ2) is 6.06. The van der Waals surface area contributed by atoms with E-state index in [-0.39, 0.29) is 27.2 Å². The highest BCUT2D eigenvalue weighted by Crippen LogP contribution is 2.35. The minimum atomic E-state index is -0.242. The van der Waals surface area contributed by atoms with Gasteiger partial charge in [0.1, 0.15) is 0 Å². The number of nitrogens with one attached hydrogen (secondary N) is 1. The lowest BCUT2D eigenvalue weighted by Crippen LogP contribution is -2.37. The zero-order chi connectivity index (χ0) is 13.9. The SMILES string of the molecule is CC1(CNC(=O)c2cc(Cl)nnc2Cl)CCCCC1. The van der Waals surface area contributed by atoms with Gasteiger partial charge in [-0.1, -0.05) is 49.4 Å². The van der Waals surface area contributed by atoms with Crippen LogP contribution in [-0.4, -0.2) is 22.6 Å². The molecule has 1 heterocycles. The largest absolute Gasteiger partial charge is 0.351 e. The first kappa shape index (κ1) is 14.5. The molecule has 0 atom stereocenters. The molecule has 1 aromatic rings. The van der Waals surface area contributed by atoms with Gasteiger partial charge in [0.15, 0.2) is 10.3 Å². The van der Waals surface area contributed by atoms with E-state index in [1.54, 1.807) is 0 Å². The van der Waals surface area contributed by atoms with Gasteiger partial charge in [0.25, 0.3) is 5.91 Å². The first-order valence-corrected chi connectivity index (χ1v) is 7.23. The normalized spacial score (nSPS) is 18.1. The van der Waals surface area contributed by atoms with Crippen molar-refractivity contribution < 1.29 is 4.79 Å². The zero-order valence-corrected chi connectivity index (χ0v) is 12.4. The summed E-state index contributed by atoms with van der Waals surface area (Å²) in [5.74, 6) is -0.242. The van der Waals surface area contributed by atoms with E-state index in [0.717, 1.165) is 12.8 Å². The van der Waals surface area contributed by atoms with Crippen LogP contribution >= 0.6 is 23.2 Å². The highest BCUT2D eigenvalue weighted by molar-refractivity contribution is 6.34. The fourth-order valence-corrected chi connectivity index (χ4v) is 2.81. The number of carbonyl (C=O) groups is 1. The van der Waals surface area contributed by atoms with Crippen molar-refractivity contribution in [2.45, 2.75) is 39.0 Å². The van der Waals surface area contributed by atoms with Gasteiger partial charge in [-0.2, -0.15) is 0 Å². The average Bonchev–Trinajstić information content (AvgIpc) is 2.40. The topological polar surface area (TPSA) is 54.9 Å². The lowest BCUT2D eigenvalue weighted by atomic mass is 9.76. The number of hydrogen-bond acceptors (Lipinski definition) is 3. The lowest BCUT2D eigenvalue weighted by molar-refractivity contribution is 0.0919. The molecule has 1 fully saturated rings. The van der Waals surface area contributed by atoms with Crippen molar-refractivity contribution in [1.82, 2.24) is 15.5 Å². The molecule has 1 aliphatic carbocycles. The Kier molecular flexibility index (Phi) is 4.63. The molecule has 104 valence electrons. The van der Waals surface area contributed by atoms with Gasteiger partial charge in [0, 0.05) is 6.54 Å². The third-order valence-corrected chi connectivity index (χ3v) is 4.16. The second-order valence-corrected chi connectivity index (χ2v) is 6.17. The van der Waals surface area contributed by atoms with Crippen LogP contribution in [-0.2, 0) is 0 Å². The smallest absolute Gasteiger partial charge is 0.254 e. The van der Waals surface area contributed by atoms with E-state index >= 15 is 0 Å². The van der Waals surface area contributed by atoms with Crippen molar-refractivity contribution in [2.75, 3.05) is 6.54 Å². The van der Waals surface area contributed by atoms with Crippen molar-refractivity contribution in [2.24, 2.45) is 5.41 Å². The highest BCUT2D eigenvalue weighted by atomic mass is 35.5. The summed E-state index contributed by atoms with van der Waals surface area (Å²) in [4.78, 5) is 12.1. The maximum absolute atomic E-state index is 12.1. The predicted molar refractivity (Wildman–Crippen MR) is 75.6 cm³/mol. The molecule has 1 aliphatic rings. The molecular formula is C13H17Cl2N3O. The molecule has 1 N–H and O–H groups in total. The molecule has 0 bridgehead atoms. The first-order valence-electron chi connectivity index (χ1n) is 6.47. The fourth-order valence-electron chi connectivity index (χ4n) is 2.48. The van der Waals surface area contributed by atoms with Gasteiger partial charge >= 0.3 is 0 Å². The molecule has 1 amide bonds. The van der Waals surface area contributed by atoms with Gasteiger partial charge < -0.3 is 5.32 Å². The Morgan fingerprint density at radius 2 is 2.00 bits per heavy atom. The van der Waals surface area contributed by atoms with Crippen LogP contribution in [0.15, 0.2) is 6.07 Å². The third-order valence-electron chi connectivity index (χ3n) is 3.70. The first-order chi connectivity index (χ1) is 9.00. The number of halogens is 2. The fraction of sp³-hybridized carbons (Fsp3) is 0.615. The van der Waals surface area contributed by atoms with Crippen LogP contribution in [0.3, 0.4) is 0 Å². The molecule has 6 heteroatoms. The third kappa shape index (κ3) is 3.80. The summed E-state index contributed by atoms with van der Waals surface area (Å²) in [7, 11) is 0. The maximum Gasteiger partial charge on any atom is 0.254 e. The summed E-state index contributed by atoms with van der Waals surface area (Å²) in [6.45, 7) is 2.87. The van der Waals surface area contributed by atoms with Gasteiger partial charge in [-0.25, -0.2) is 0 Å². The highest BCUT2D eigenvalue weighted by Gasteiger charge is 2.27. The number of amides is 1. The molecule has 0 radical (unpaired) electrons. The Morgan fingerprint density at radius 1 is 1.32 bits per heavy atom. The van der Waals surface area contributed by atoms with E-state index in [0.29, 0.717) is 6.54 Å². The standard InChI is InChI=1S/C13H17Cl2N3O/c1-13(5-3-2-4-6-13)8-16-12(19)9-7-10(14)17-18-11(9)15/h7H,2-6,8H2,1H3,(H,16,19). The van der Waals surface area contributed by atoms with Crippen LogP contribution in [0.1, 0.15) is 49.4 Å². The van der Waals surface area contributed by atoms with E-state index in [4.69, 9.17) is 23.2 Å². The summed E-state index contributed by atoms with van der Waals surface area (Å²) in [6.07, 6.45) is 6.05. The van der Waals surface area contributed by atoms with Gasteiger partial charge in [-0.3, -0.25) is 4.79 Å². The molecule has 0 unspecified atom stereocenters. The molecular weight excluding hydrogens is 285 g/mol. The monoisotopic (exact) mass is 301 g/mol. The Labute approximate surface area is 122 Å². The van der Waals surface area contributed by atoms with Crippen LogP contribution in [0.4, 0.5) is 0 Å². The molecule has 0 aromatic carbocycles. The van der Waals surface area contributed by atoms with Gasteiger partial charge in [-0.05, 0) is 24.3 Å². The van der Waals surface area contributed by atoms with E-state index in [9.17, 15) is 4.79 Å². The van der Waals surface area contributed by atoms with Crippen molar-refractivity contribution in [1.29, 1.82) is 0 Å². The number of hydrogen-bond donors (Lipinski definition) is 1. The number of aromatic nitrogens is 2. The van der Waals surface area contributed by atoms with Crippen molar-refractivity contribution in [3.05, 3.63) is 21.9 Å². The van der Waals surface area contributed by atoms with Crippen molar-refractivity contribution >= 4 is 29.1 Å². The van der Waals surface area contributed by atoms with Crippen LogP contribution in [0.5, 0.6) is 0 Å². The molecule has 0 spiro atoms. The Balaban J connectivity index is 1.99. The summed E-state index contributed by atoms with van der Waals surface area (Å²) in [5.41, 5.74) is 0.464. The Bertz CT molecular complexity index is 473. The van der Waals surface area contributed by atoms with Crippen LogP contribution in [0, 0.1) is 5.41 Å². The van der Waals surface area contributed by atoms with E-state index in [2.05, 4.69) is 22.4 Å². The van der Waals surface area contributed by atoms with Crippen molar-refractivity contribution in [3.8, 4) is 0 Å². The van der Waals surface area contributed by atoms with Crippen LogP contribution < -0.4 is 5.32 Å². The minimum Gasteiger partial charge on any atom is -0.351 e. The van der Waals surface area contributed by atoms with Crippen LogP contribution in [0.25, 0.3) is 0 Å². The van der Waals surface area contributed by atoms with E-state index in [1.165, 1.54) is 25.3 Å². The van der Waals surface area contributed by atoms with Crippen LogP contribution in [0.2, 0.25) is 10.3 Å².